The summed E-state index contributed by atoms with van der Waals surface area (Å²) in [5.74, 6) is 0.673. The first-order valence-electron chi connectivity index (χ1n) is 8.53. The lowest BCUT2D eigenvalue weighted by molar-refractivity contribution is -0.0249. The number of ether oxygens (including phenoxy) is 1. The molecule has 132 valence electrons. The van der Waals surface area contributed by atoms with Gasteiger partial charge in [0.25, 0.3) is 5.91 Å². The van der Waals surface area contributed by atoms with Crippen LogP contribution in [0.25, 0.3) is 0 Å². The topological polar surface area (TPSA) is 74.3 Å². The zero-order valence-electron chi connectivity index (χ0n) is 13.8. The highest BCUT2D eigenvalue weighted by Crippen LogP contribution is 2.24. The number of halogens is 1. The Morgan fingerprint density at radius 2 is 2.16 bits per heavy atom. The van der Waals surface area contributed by atoms with Gasteiger partial charge in [-0.2, -0.15) is 0 Å². The van der Waals surface area contributed by atoms with Gasteiger partial charge in [0.1, 0.15) is 11.8 Å². The number of H-pyrrole nitrogens is 1. The quantitative estimate of drug-likeness (QED) is 0.907. The van der Waals surface area contributed by atoms with Crippen molar-refractivity contribution >= 4 is 23.5 Å². The Bertz CT molecular complexity index is 759. The van der Waals surface area contributed by atoms with Crippen molar-refractivity contribution in [2.75, 3.05) is 37.7 Å². The molecule has 4 rings (SSSR count). The van der Waals surface area contributed by atoms with Crippen molar-refractivity contribution in [3.63, 3.8) is 0 Å². The molecule has 2 aromatic heterocycles. The van der Waals surface area contributed by atoms with Gasteiger partial charge in [0.05, 0.1) is 23.9 Å². The van der Waals surface area contributed by atoms with Crippen molar-refractivity contribution in [1.82, 2.24) is 19.9 Å². The Morgan fingerprint density at radius 3 is 2.92 bits per heavy atom. The van der Waals surface area contributed by atoms with Gasteiger partial charge in [0.15, 0.2) is 0 Å². The van der Waals surface area contributed by atoms with Gasteiger partial charge < -0.3 is 19.5 Å². The van der Waals surface area contributed by atoms with E-state index in [0.717, 1.165) is 24.7 Å². The maximum absolute atomic E-state index is 12.6. The number of nitrogens with zero attached hydrogens (tertiary/aromatic N) is 4. The zero-order chi connectivity index (χ0) is 17.2. The summed E-state index contributed by atoms with van der Waals surface area (Å²) >= 11 is 5.90. The van der Waals surface area contributed by atoms with Gasteiger partial charge in [-0.05, 0) is 25.0 Å². The van der Waals surface area contributed by atoms with Crippen LogP contribution in [0.15, 0.2) is 24.5 Å². The van der Waals surface area contributed by atoms with Gasteiger partial charge in [0.2, 0.25) is 5.95 Å². The summed E-state index contributed by atoms with van der Waals surface area (Å²) in [6.45, 7) is 3.48. The van der Waals surface area contributed by atoms with E-state index in [2.05, 4.69) is 19.9 Å². The predicted molar refractivity (Wildman–Crippen MR) is 93.9 cm³/mol. The highest BCUT2D eigenvalue weighted by molar-refractivity contribution is 6.30. The van der Waals surface area contributed by atoms with Crippen molar-refractivity contribution in [2.24, 2.45) is 0 Å². The lowest BCUT2D eigenvalue weighted by Gasteiger charge is -2.32. The SMILES string of the molecule is O=C(c1cc(Cl)c[nH]1)N1CCOC(c2ccnc(N3CCCC3)n2)C1. The van der Waals surface area contributed by atoms with Crippen LogP contribution in [-0.4, -0.2) is 58.5 Å². The summed E-state index contributed by atoms with van der Waals surface area (Å²) in [6, 6.07) is 3.51. The number of hydrogen-bond acceptors (Lipinski definition) is 5. The van der Waals surface area contributed by atoms with Crippen LogP contribution in [0.1, 0.15) is 35.1 Å². The second kappa shape index (κ2) is 7.01. The summed E-state index contributed by atoms with van der Waals surface area (Å²) in [6.07, 6.45) is 5.49. The van der Waals surface area contributed by atoms with Gasteiger partial charge in [0, 0.05) is 32.0 Å². The lowest BCUT2D eigenvalue weighted by Crippen LogP contribution is -2.42. The number of carbonyl (C=O) groups is 1. The molecule has 2 aromatic rings. The highest BCUT2D eigenvalue weighted by Gasteiger charge is 2.28. The first-order chi connectivity index (χ1) is 12.2. The number of anilines is 1. The monoisotopic (exact) mass is 361 g/mol. The normalized spacial score (nSPS) is 20.9. The maximum atomic E-state index is 12.6. The molecule has 25 heavy (non-hydrogen) atoms. The molecule has 2 aliphatic rings. The number of nitrogens with one attached hydrogen (secondary N) is 1. The summed E-state index contributed by atoms with van der Waals surface area (Å²) in [4.78, 5) is 28.5. The van der Waals surface area contributed by atoms with Crippen LogP contribution in [0.5, 0.6) is 0 Å². The van der Waals surface area contributed by atoms with Crippen LogP contribution in [-0.2, 0) is 4.74 Å². The van der Waals surface area contributed by atoms with E-state index in [-0.39, 0.29) is 12.0 Å². The van der Waals surface area contributed by atoms with Gasteiger partial charge in [-0.3, -0.25) is 4.79 Å². The number of rotatable bonds is 3. The van der Waals surface area contributed by atoms with Crippen molar-refractivity contribution in [1.29, 1.82) is 0 Å². The van der Waals surface area contributed by atoms with Crippen LogP contribution in [0.3, 0.4) is 0 Å². The third kappa shape index (κ3) is 3.48. The Balaban J connectivity index is 1.49. The predicted octanol–water partition coefficient (Wildman–Crippen LogP) is 2.27. The van der Waals surface area contributed by atoms with E-state index in [1.54, 1.807) is 23.4 Å². The zero-order valence-corrected chi connectivity index (χ0v) is 14.6. The molecule has 8 heteroatoms. The number of morpholine rings is 1. The molecule has 7 nitrogen and oxygen atoms in total. The molecule has 0 radical (unpaired) electrons. The highest BCUT2D eigenvalue weighted by atomic mass is 35.5. The van der Waals surface area contributed by atoms with E-state index in [1.807, 2.05) is 6.07 Å². The van der Waals surface area contributed by atoms with Crippen LogP contribution in [0.2, 0.25) is 5.02 Å². The average Bonchev–Trinajstić information content (AvgIpc) is 3.33. The summed E-state index contributed by atoms with van der Waals surface area (Å²) in [5, 5.41) is 0.527. The lowest BCUT2D eigenvalue weighted by atomic mass is 10.2. The minimum absolute atomic E-state index is 0.0750. The largest absolute Gasteiger partial charge is 0.368 e. The van der Waals surface area contributed by atoms with Gasteiger partial charge >= 0.3 is 0 Å². The maximum Gasteiger partial charge on any atom is 0.270 e. The first kappa shape index (κ1) is 16.4. The van der Waals surface area contributed by atoms with Gasteiger partial charge in [-0.25, -0.2) is 9.97 Å². The van der Waals surface area contributed by atoms with Crippen LogP contribution in [0.4, 0.5) is 5.95 Å². The van der Waals surface area contributed by atoms with E-state index in [0.29, 0.717) is 30.4 Å². The molecule has 0 saturated carbocycles. The number of aromatic nitrogens is 3. The molecule has 1 atom stereocenters. The third-order valence-electron chi connectivity index (χ3n) is 4.62. The summed E-state index contributed by atoms with van der Waals surface area (Å²) in [5.41, 5.74) is 1.31. The third-order valence-corrected chi connectivity index (χ3v) is 4.83. The first-order valence-corrected chi connectivity index (χ1v) is 8.91. The summed E-state index contributed by atoms with van der Waals surface area (Å²) in [7, 11) is 0. The molecule has 1 amide bonds. The fraction of sp³-hybridized carbons (Fsp3) is 0.471. The number of amides is 1. The van der Waals surface area contributed by atoms with E-state index < -0.39 is 0 Å². The second-order valence-corrected chi connectivity index (χ2v) is 6.75. The molecule has 0 aromatic carbocycles. The molecule has 1 unspecified atom stereocenters. The van der Waals surface area contributed by atoms with E-state index in [4.69, 9.17) is 16.3 Å². The number of carbonyl (C=O) groups excluding carboxylic acids is 1. The minimum atomic E-state index is -0.243. The van der Waals surface area contributed by atoms with E-state index in [1.165, 1.54) is 12.8 Å². The standard InChI is InChI=1S/C17H20ClN5O2/c18-12-9-14(20-10-12)16(24)23-7-8-25-15(11-23)13-3-4-19-17(21-13)22-5-1-2-6-22/h3-4,9-10,15,20H,1-2,5-8,11H2. The molecule has 2 aliphatic heterocycles. The fourth-order valence-electron chi connectivity index (χ4n) is 3.29. The molecule has 2 saturated heterocycles. The minimum Gasteiger partial charge on any atom is -0.368 e. The van der Waals surface area contributed by atoms with Gasteiger partial charge in [-0.1, -0.05) is 11.6 Å². The van der Waals surface area contributed by atoms with Crippen molar-refractivity contribution < 1.29 is 9.53 Å². The molecular formula is C17H20ClN5O2. The molecule has 1 N–H and O–H groups in total. The number of hydrogen-bond donors (Lipinski definition) is 1. The molecule has 0 bridgehead atoms. The Kier molecular flexibility index (Phi) is 4.59. The fourth-order valence-corrected chi connectivity index (χ4v) is 3.45. The van der Waals surface area contributed by atoms with Crippen LogP contribution in [0, 0.1) is 0 Å². The average molecular weight is 362 g/mol. The Morgan fingerprint density at radius 1 is 1.32 bits per heavy atom. The molecular weight excluding hydrogens is 342 g/mol. The Labute approximate surface area is 151 Å². The molecule has 2 fully saturated rings. The summed E-state index contributed by atoms with van der Waals surface area (Å²) < 4.78 is 5.86. The van der Waals surface area contributed by atoms with Crippen LogP contribution < -0.4 is 4.90 Å². The van der Waals surface area contributed by atoms with E-state index in [9.17, 15) is 4.79 Å². The van der Waals surface area contributed by atoms with Crippen molar-refractivity contribution in [2.45, 2.75) is 18.9 Å². The molecule has 4 heterocycles. The number of aromatic amines is 1. The van der Waals surface area contributed by atoms with Crippen molar-refractivity contribution in [3.8, 4) is 0 Å². The van der Waals surface area contributed by atoms with Gasteiger partial charge in [-0.15, -0.1) is 0 Å². The second-order valence-electron chi connectivity index (χ2n) is 6.32. The van der Waals surface area contributed by atoms with Crippen LogP contribution >= 0.6 is 11.6 Å². The smallest absolute Gasteiger partial charge is 0.270 e. The molecule has 0 aliphatic carbocycles. The molecule has 0 spiro atoms. The van der Waals surface area contributed by atoms with E-state index >= 15 is 0 Å². The van der Waals surface area contributed by atoms with Crippen molar-refractivity contribution in [3.05, 3.63) is 40.9 Å². The Hall–Kier alpha value is -2.12.